The summed E-state index contributed by atoms with van der Waals surface area (Å²) in [5.74, 6) is -0.346. The molecule has 3 rings (SSSR count). The van der Waals surface area contributed by atoms with E-state index in [-0.39, 0.29) is 5.82 Å². The van der Waals surface area contributed by atoms with Gasteiger partial charge in [-0.15, -0.1) is 0 Å². The Morgan fingerprint density at radius 3 is 2.68 bits per heavy atom. The third-order valence-electron chi connectivity index (χ3n) is 2.91. The maximum absolute atomic E-state index is 13.7. The maximum Gasteiger partial charge on any atom is 0.148 e. The molecule has 0 saturated heterocycles. The molecule has 6 heteroatoms. The van der Waals surface area contributed by atoms with Crippen molar-refractivity contribution in [3.05, 3.63) is 48.5 Å². The van der Waals surface area contributed by atoms with Gasteiger partial charge in [-0.2, -0.15) is 10.2 Å². The number of hydrogen-bond acceptors (Lipinski definition) is 3. The van der Waals surface area contributed by atoms with Gasteiger partial charge in [0.2, 0.25) is 0 Å². The van der Waals surface area contributed by atoms with Crippen LogP contribution >= 0.6 is 0 Å². The van der Waals surface area contributed by atoms with Gasteiger partial charge in [0, 0.05) is 13.2 Å². The van der Waals surface area contributed by atoms with Gasteiger partial charge in [0.15, 0.2) is 0 Å². The van der Waals surface area contributed by atoms with Gasteiger partial charge in [-0.3, -0.25) is 4.68 Å². The molecule has 0 bridgehead atoms. The standard InChI is InChI=1S/C13H12FN5/c1-18-12(6-7-16-18)13-10(15)8-19(17-13)11-5-3-2-4-9(11)14/h2-8H,15H2,1H3. The topological polar surface area (TPSA) is 61.7 Å². The summed E-state index contributed by atoms with van der Waals surface area (Å²) in [7, 11) is 1.80. The number of anilines is 1. The molecule has 0 aliphatic carbocycles. The lowest BCUT2D eigenvalue weighted by Gasteiger charge is -2.02. The summed E-state index contributed by atoms with van der Waals surface area (Å²) in [5.41, 5.74) is 8.16. The molecule has 2 N–H and O–H groups in total. The number of aromatic nitrogens is 4. The summed E-state index contributed by atoms with van der Waals surface area (Å²) in [6.45, 7) is 0. The highest BCUT2D eigenvalue weighted by molar-refractivity contribution is 5.69. The normalized spacial score (nSPS) is 10.8. The third kappa shape index (κ3) is 1.87. The molecular formula is C13H12FN5. The molecular weight excluding hydrogens is 245 g/mol. The maximum atomic E-state index is 13.7. The van der Waals surface area contributed by atoms with E-state index < -0.39 is 0 Å². The second-order valence-electron chi connectivity index (χ2n) is 4.17. The van der Waals surface area contributed by atoms with Gasteiger partial charge >= 0.3 is 0 Å². The van der Waals surface area contributed by atoms with E-state index in [9.17, 15) is 4.39 Å². The molecule has 0 atom stereocenters. The summed E-state index contributed by atoms with van der Waals surface area (Å²) < 4.78 is 16.8. The Hall–Kier alpha value is -2.63. The Kier molecular flexibility index (Phi) is 2.56. The SMILES string of the molecule is Cn1nccc1-c1nn(-c2ccccc2F)cc1N. The van der Waals surface area contributed by atoms with Crippen molar-refractivity contribution in [2.45, 2.75) is 0 Å². The van der Waals surface area contributed by atoms with E-state index in [1.54, 1.807) is 42.3 Å². The van der Waals surface area contributed by atoms with Crippen LogP contribution in [0.25, 0.3) is 17.1 Å². The first-order valence-electron chi connectivity index (χ1n) is 5.75. The monoisotopic (exact) mass is 257 g/mol. The summed E-state index contributed by atoms with van der Waals surface area (Å²) in [5, 5.41) is 8.41. The molecule has 0 amide bonds. The number of para-hydroxylation sites is 1. The summed E-state index contributed by atoms with van der Waals surface area (Å²) in [4.78, 5) is 0. The minimum absolute atomic E-state index is 0.346. The van der Waals surface area contributed by atoms with Gasteiger partial charge in [-0.1, -0.05) is 12.1 Å². The van der Waals surface area contributed by atoms with E-state index in [1.165, 1.54) is 10.7 Å². The highest BCUT2D eigenvalue weighted by Gasteiger charge is 2.14. The molecule has 19 heavy (non-hydrogen) atoms. The number of rotatable bonds is 2. The molecule has 96 valence electrons. The van der Waals surface area contributed by atoms with Crippen molar-refractivity contribution >= 4 is 5.69 Å². The van der Waals surface area contributed by atoms with Crippen molar-refractivity contribution in [1.82, 2.24) is 19.6 Å². The lowest BCUT2D eigenvalue weighted by atomic mass is 10.3. The first-order chi connectivity index (χ1) is 9.16. The zero-order valence-electron chi connectivity index (χ0n) is 10.3. The third-order valence-corrected chi connectivity index (χ3v) is 2.91. The van der Waals surface area contributed by atoms with Gasteiger partial charge < -0.3 is 5.73 Å². The Morgan fingerprint density at radius 1 is 1.21 bits per heavy atom. The van der Waals surface area contributed by atoms with E-state index in [1.807, 2.05) is 6.07 Å². The van der Waals surface area contributed by atoms with Gasteiger partial charge in [0.25, 0.3) is 0 Å². The second kappa shape index (κ2) is 4.24. The molecule has 5 nitrogen and oxygen atoms in total. The fourth-order valence-corrected chi connectivity index (χ4v) is 1.95. The van der Waals surface area contributed by atoms with Crippen LogP contribution in [-0.4, -0.2) is 19.6 Å². The average Bonchev–Trinajstić information content (AvgIpc) is 2.96. The Balaban J connectivity index is 2.13. The molecule has 0 aliphatic rings. The lowest BCUT2D eigenvalue weighted by molar-refractivity contribution is 0.611. The Bertz CT molecular complexity index is 728. The van der Waals surface area contributed by atoms with Gasteiger partial charge in [-0.25, -0.2) is 9.07 Å². The first kappa shape index (κ1) is 11.5. The first-order valence-corrected chi connectivity index (χ1v) is 5.75. The fourth-order valence-electron chi connectivity index (χ4n) is 1.95. The molecule has 0 saturated carbocycles. The van der Waals surface area contributed by atoms with E-state index in [0.717, 1.165) is 5.69 Å². The fraction of sp³-hybridized carbons (Fsp3) is 0.0769. The van der Waals surface area contributed by atoms with E-state index in [2.05, 4.69) is 10.2 Å². The van der Waals surface area contributed by atoms with Crippen molar-refractivity contribution in [3.63, 3.8) is 0 Å². The zero-order chi connectivity index (χ0) is 13.4. The van der Waals surface area contributed by atoms with Crippen LogP contribution in [0.5, 0.6) is 0 Å². The second-order valence-corrected chi connectivity index (χ2v) is 4.17. The molecule has 0 unspecified atom stereocenters. The highest BCUT2D eigenvalue weighted by atomic mass is 19.1. The van der Waals surface area contributed by atoms with Gasteiger partial charge in [0.05, 0.1) is 17.6 Å². The molecule has 0 radical (unpaired) electrons. The van der Waals surface area contributed by atoms with Crippen LogP contribution in [0.2, 0.25) is 0 Å². The Labute approximate surface area is 109 Å². The quantitative estimate of drug-likeness (QED) is 0.763. The summed E-state index contributed by atoms with van der Waals surface area (Å²) in [6.07, 6.45) is 3.26. The summed E-state index contributed by atoms with van der Waals surface area (Å²) >= 11 is 0. The highest BCUT2D eigenvalue weighted by Crippen LogP contribution is 2.25. The molecule has 3 aromatic rings. The van der Waals surface area contributed by atoms with Gasteiger partial charge in [-0.05, 0) is 18.2 Å². The van der Waals surface area contributed by atoms with Crippen LogP contribution in [-0.2, 0) is 7.05 Å². The van der Waals surface area contributed by atoms with Crippen molar-refractivity contribution in [1.29, 1.82) is 0 Å². The zero-order valence-corrected chi connectivity index (χ0v) is 10.3. The van der Waals surface area contributed by atoms with Crippen molar-refractivity contribution < 1.29 is 4.39 Å². The molecule has 0 aliphatic heterocycles. The average molecular weight is 257 g/mol. The van der Waals surface area contributed by atoms with E-state index in [4.69, 9.17) is 5.73 Å². The molecule has 2 aromatic heterocycles. The predicted molar refractivity (Wildman–Crippen MR) is 70.1 cm³/mol. The smallest absolute Gasteiger partial charge is 0.148 e. The molecule has 0 fully saturated rings. The number of halogens is 1. The van der Waals surface area contributed by atoms with Crippen LogP contribution in [0.1, 0.15) is 0 Å². The number of nitrogen functional groups attached to an aromatic ring is 1. The van der Waals surface area contributed by atoms with Crippen molar-refractivity contribution in [2.75, 3.05) is 5.73 Å². The largest absolute Gasteiger partial charge is 0.396 e. The van der Waals surface area contributed by atoms with Crippen LogP contribution in [0.4, 0.5) is 10.1 Å². The van der Waals surface area contributed by atoms with Crippen LogP contribution in [0, 0.1) is 5.82 Å². The molecule has 0 spiro atoms. The predicted octanol–water partition coefficient (Wildman–Crippen LogP) is 1.99. The number of aryl methyl sites for hydroxylation is 1. The number of nitrogens with two attached hydrogens (primary N) is 1. The van der Waals surface area contributed by atoms with Gasteiger partial charge in [0.1, 0.15) is 17.2 Å². The van der Waals surface area contributed by atoms with E-state index >= 15 is 0 Å². The van der Waals surface area contributed by atoms with Crippen molar-refractivity contribution in [2.24, 2.45) is 7.05 Å². The number of hydrogen-bond donors (Lipinski definition) is 1. The Morgan fingerprint density at radius 2 is 2.00 bits per heavy atom. The van der Waals surface area contributed by atoms with E-state index in [0.29, 0.717) is 17.1 Å². The van der Waals surface area contributed by atoms with Crippen LogP contribution in [0.3, 0.4) is 0 Å². The lowest BCUT2D eigenvalue weighted by Crippen LogP contribution is -1.99. The van der Waals surface area contributed by atoms with Crippen molar-refractivity contribution in [3.8, 4) is 17.1 Å². The number of benzene rings is 1. The minimum Gasteiger partial charge on any atom is -0.396 e. The molecule has 1 aromatic carbocycles. The number of nitrogens with zero attached hydrogens (tertiary/aromatic N) is 4. The van der Waals surface area contributed by atoms with Crippen LogP contribution in [0.15, 0.2) is 42.7 Å². The minimum atomic E-state index is -0.346. The van der Waals surface area contributed by atoms with Crippen LogP contribution < -0.4 is 5.73 Å². The summed E-state index contributed by atoms with van der Waals surface area (Å²) in [6, 6.07) is 8.23. The molecule has 2 heterocycles.